The smallest absolute Gasteiger partial charge is 0.274 e. The summed E-state index contributed by atoms with van der Waals surface area (Å²) in [5, 5.41) is 27.7. The minimum absolute atomic E-state index is 0.00694. The Morgan fingerprint density at radius 3 is 1.02 bits per heavy atom. The summed E-state index contributed by atoms with van der Waals surface area (Å²) in [5.41, 5.74) is 8.98. The van der Waals surface area contributed by atoms with Crippen LogP contribution >= 0.6 is 0 Å². The molecule has 4 aromatic carbocycles. The number of piperidine rings is 4. The molecule has 0 bridgehead atoms. The van der Waals surface area contributed by atoms with E-state index in [9.17, 15) is 28.8 Å². The van der Waals surface area contributed by atoms with Crippen LogP contribution in [0.25, 0.3) is 0 Å². The molecule has 20 heteroatoms. The molecule has 101 heavy (non-hydrogen) atoms. The van der Waals surface area contributed by atoms with Gasteiger partial charge in [0.25, 0.3) is 17.7 Å². The number of hydrogen-bond donors (Lipinski definition) is 1. The molecule has 7 aromatic rings. The number of ether oxygens (including phenoxy) is 4. The van der Waals surface area contributed by atoms with Crippen molar-refractivity contribution in [1.29, 1.82) is 0 Å². The van der Waals surface area contributed by atoms with Gasteiger partial charge in [0, 0.05) is 66.6 Å². The molecular formula is C81H104N10O10. The zero-order chi connectivity index (χ0) is 72.0. The van der Waals surface area contributed by atoms with E-state index in [0.717, 1.165) is 98.0 Å². The monoisotopic (exact) mass is 1380 g/mol. The number of carbonyl (C=O) groups is 6. The summed E-state index contributed by atoms with van der Waals surface area (Å²) in [6.45, 7) is 24.9. The van der Waals surface area contributed by atoms with E-state index < -0.39 is 0 Å². The third kappa shape index (κ3) is 25.7. The molecule has 0 aliphatic carbocycles. The fraction of sp³-hybridized carbons (Fsp3) is 0.481. The Morgan fingerprint density at radius 2 is 0.693 bits per heavy atom. The minimum atomic E-state index is -0.160. The number of benzene rings is 4. The summed E-state index contributed by atoms with van der Waals surface area (Å²) < 4.78 is 24.1. The maximum atomic E-state index is 13.7. The van der Waals surface area contributed by atoms with E-state index in [1.54, 1.807) is 23.1 Å². The van der Waals surface area contributed by atoms with Gasteiger partial charge in [0.15, 0.2) is 34.4 Å². The van der Waals surface area contributed by atoms with Crippen LogP contribution in [0.4, 0.5) is 0 Å². The van der Waals surface area contributed by atoms with Gasteiger partial charge in [-0.1, -0.05) is 163 Å². The molecule has 0 spiro atoms. The molecule has 20 nitrogen and oxygen atoms in total. The Morgan fingerprint density at radius 1 is 0.386 bits per heavy atom. The molecule has 0 unspecified atom stereocenters. The molecule has 4 aliphatic rings. The maximum Gasteiger partial charge on any atom is 0.274 e. The lowest BCUT2D eigenvalue weighted by Gasteiger charge is -2.33. The lowest BCUT2D eigenvalue weighted by molar-refractivity contribution is -0.00721. The Bertz CT molecular complexity index is 3740. The third-order valence-electron chi connectivity index (χ3n) is 17.7. The molecule has 4 aliphatic heterocycles. The molecular weight excluding hydrogens is 1270 g/mol. The number of nitrogens with zero attached hydrogens (tertiary/aromatic N) is 9. The Hall–Kier alpha value is -8.66. The second-order valence-electron chi connectivity index (χ2n) is 28.0. The predicted molar refractivity (Wildman–Crippen MR) is 389 cm³/mol. The van der Waals surface area contributed by atoms with Crippen molar-refractivity contribution in [3.63, 3.8) is 0 Å². The van der Waals surface area contributed by atoms with Crippen LogP contribution in [0.5, 0.6) is 0 Å². The molecule has 0 saturated carbocycles. The molecule has 7 heterocycles. The fourth-order valence-electron chi connectivity index (χ4n) is 12.6. The average molecular weight is 1380 g/mol. The number of hydrogen-bond acceptors (Lipinski definition) is 17. The third-order valence-corrected chi connectivity index (χ3v) is 17.7. The molecule has 1 N–H and O–H groups in total. The molecule has 11 rings (SSSR count). The molecule has 538 valence electrons. The number of aromatic nitrogens is 6. The van der Waals surface area contributed by atoms with Gasteiger partial charge >= 0.3 is 0 Å². The van der Waals surface area contributed by atoms with Crippen LogP contribution in [0.15, 0.2) is 140 Å². The van der Waals surface area contributed by atoms with Gasteiger partial charge in [-0.25, -0.2) is 0 Å². The number of ketones is 3. The van der Waals surface area contributed by atoms with E-state index in [1.165, 1.54) is 39.2 Å². The van der Waals surface area contributed by atoms with Crippen LogP contribution in [0.1, 0.15) is 216 Å². The summed E-state index contributed by atoms with van der Waals surface area (Å²) in [6, 6.07) is 45.8. The lowest BCUT2D eigenvalue weighted by Crippen LogP contribution is -2.44. The predicted octanol–water partition coefficient (Wildman–Crippen LogP) is 13.1. The van der Waals surface area contributed by atoms with E-state index in [2.05, 4.69) is 102 Å². The highest BCUT2D eigenvalue weighted by molar-refractivity contribution is 5.98. The highest BCUT2D eigenvalue weighted by Gasteiger charge is 2.32. The van der Waals surface area contributed by atoms with Crippen LogP contribution in [0, 0.1) is 17.8 Å². The van der Waals surface area contributed by atoms with Crippen molar-refractivity contribution in [1.82, 2.24) is 50.6 Å². The second kappa shape index (κ2) is 40.7. The summed E-state index contributed by atoms with van der Waals surface area (Å²) in [4.78, 5) is 80.0. The SMILES string of the molecule is CC(=O)c1cc(CC(C)C)c(C(C)=O)nn1.CC(=O)c1nnc(C(=O)N2CCC[C@@H](OCc3ccccc3)C2)cc1CC(C)C.CC(C)Cc1cc(C(=O)N2CCC[C@@H](OCc3ccccc3)C2)nnc1C(=O)N1CCC[C@H](OCc2ccccc2)C1.c1ccc(CO[C@@H]2CCCNC2)cc1. The van der Waals surface area contributed by atoms with Crippen molar-refractivity contribution in [3.8, 4) is 0 Å². The van der Waals surface area contributed by atoms with Crippen molar-refractivity contribution in [2.24, 2.45) is 17.8 Å². The summed E-state index contributed by atoms with van der Waals surface area (Å²) in [5.74, 6) is 0.228. The minimum Gasteiger partial charge on any atom is -0.372 e. The molecule has 4 fully saturated rings. The normalized spacial score (nSPS) is 17.6. The summed E-state index contributed by atoms with van der Waals surface area (Å²) >= 11 is 0. The molecule has 3 amide bonds. The summed E-state index contributed by atoms with van der Waals surface area (Å²) in [6.07, 6.45) is 10.3. The van der Waals surface area contributed by atoms with Crippen molar-refractivity contribution >= 4 is 35.1 Å². The number of carbonyl (C=O) groups excluding carboxylic acids is 6. The topological polar surface area (TPSA) is 238 Å². The summed E-state index contributed by atoms with van der Waals surface area (Å²) in [7, 11) is 0. The van der Waals surface area contributed by atoms with Gasteiger partial charge in [-0.3, -0.25) is 28.8 Å². The number of Topliss-reactive ketones (excluding diaryl/α,β-unsaturated/α-hetero) is 3. The maximum absolute atomic E-state index is 13.7. The van der Waals surface area contributed by atoms with Crippen molar-refractivity contribution < 1.29 is 47.7 Å². The van der Waals surface area contributed by atoms with Crippen molar-refractivity contribution in [3.05, 3.63) is 213 Å². The van der Waals surface area contributed by atoms with Gasteiger partial charge in [0.05, 0.1) is 50.8 Å². The van der Waals surface area contributed by atoms with Crippen LogP contribution in [-0.2, 0) is 64.6 Å². The van der Waals surface area contributed by atoms with Gasteiger partial charge in [0.1, 0.15) is 17.1 Å². The largest absolute Gasteiger partial charge is 0.372 e. The first-order valence-corrected chi connectivity index (χ1v) is 36.1. The zero-order valence-corrected chi connectivity index (χ0v) is 60.7. The van der Waals surface area contributed by atoms with Gasteiger partial charge in [-0.05, 0) is 152 Å². The first kappa shape index (κ1) is 78.1. The molecule has 3 aromatic heterocycles. The van der Waals surface area contributed by atoms with Crippen molar-refractivity contribution in [2.45, 2.75) is 184 Å². The van der Waals surface area contributed by atoms with Gasteiger partial charge in [-0.2, -0.15) is 0 Å². The van der Waals surface area contributed by atoms with E-state index in [1.807, 2.05) is 107 Å². The highest BCUT2D eigenvalue weighted by atomic mass is 16.5. The first-order chi connectivity index (χ1) is 48.8. The van der Waals surface area contributed by atoms with E-state index >= 15 is 0 Å². The van der Waals surface area contributed by atoms with E-state index in [-0.39, 0.29) is 65.0 Å². The number of likely N-dealkylation sites (tertiary alicyclic amines) is 3. The van der Waals surface area contributed by atoms with Gasteiger partial charge in [-0.15, -0.1) is 30.6 Å². The number of rotatable bonds is 24. The second-order valence-corrected chi connectivity index (χ2v) is 28.0. The molecule has 0 radical (unpaired) electrons. The van der Waals surface area contributed by atoms with Crippen LogP contribution < -0.4 is 5.32 Å². The Kier molecular flexibility index (Phi) is 31.5. The highest BCUT2D eigenvalue weighted by Crippen LogP contribution is 2.25. The quantitative estimate of drug-likeness (QED) is 0.0553. The van der Waals surface area contributed by atoms with Crippen LogP contribution in [-0.4, -0.2) is 157 Å². The Balaban J connectivity index is 0.000000189. The standard InChI is InChI=1S/C34H42N4O4.C23H29N3O3.C12H16N2O2.C12H17NO/c1-25(2)19-28-20-31(33(39)37-17-9-15-29(21-37)41-23-26-11-5-3-6-12-26)35-36-32(28)34(40)38-18-10-16-30(22-38)42-24-27-13-7-4-8-14-27;1-16(2)12-19-13-21(24-25-22(19)17(3)27)23(28)26-11-7-10-20(14-26)29-15-18-8-5-4-6-9-18;1-7(2)5-10-6-11(8(3)15)13-14-12(10)9(4)16;1-2-5-11(6-3-1)10-14-12-7-4-8-13-9-12/h3-8,11-14,20,25,29-30H,9-10,15-19,21-24H2,1-2H3;4-6,8-9,13,16,20H,7,10-12,14-15H2,1-3H3;6-7H,5H2,1-4H3;1-3,5-6,12-13H,4,7-10H2/t29-,30+;20-;;12-/m11.1/s1. The first-order valence-electron chi connectivity index (χ1n) is 36.1. The zero-order valence-electron chi connectivity index (χ0n) is 60.7. The number of nitrogens with one attached hydrogen (secondary N) is 1. The fourth-order valence-corrected chi connectivity index (χ4v) is 12.6. The Labute approximate surface area is 597 Å². The number of amides is 3. The van der Waals surface area contributed by atoms with Crippen LogP contribution in [0.2, 0.25) is 0 Å². The van der Waals surface area contributed by atoms with Gasteiger partial charge in [0.2, 0.25) is 0 Å². The van der Waals surface area contributed by atoms with E-state index in [4.69, 9.17) is 18.9 Å². The van der Waals surface area contributed by atoms with Crippen molar-refractivity contribution in [2.75, 3.05) is 52.4 Å². The average Bonchev–Trinajstić information content (AvgIpc) is 0.814. The lowest BCUT2D eigenvalue weighted by atomic mass is 9.99. The molecule has 4 atom stereocenters. The van der Waals surface area contributed by atoms with Crippen LogP contribution in [0.3, 0.4) is 0 Å². The molecule has 4 saturated heterocycles. The van der Waals surface area contributed by atoms with Gasteiger partial charge < -0.3 is 39.0 Å². The van der Waals surface area contributed by atoms with E-state index in [0.29, 0.717) is 118 Å².